The Morgan fingerprint density at radius 2 is 1.39 bits per heavy atom. The summed E-state index contributed by atoms with van der Waals surface area (Å²) in [5, 5.41) is 0. The standard InChI is InChI=1S/C15H24O3S.C3H9N/c1-3-4-5-6-7-8-13-18-19(16,17)15-11-9-14(2)10-12-15;1-4(2)3/h9-12H,3-8,13H2,1-2H3;1-3H3. The lowest BCUT2D eigenvalue weighted by Gasteiger charge is -2.06. The van der Waals surface area contributed by atoms with Crippen molar-refractivity contribution >= 4 is 10.1 Å². The molecule has 4 nitrogen and oxygen atoms in total. The van der Waals surface area contributed by atoms with Crippen LogP contribution in [-0.4, -0.2) is 41.1 Å². The summed E-state index contributed by atoms with van der Waals surface area (Å²) in [5.74, 6) is 0. The minimum Gasteiger partial charge on any atom is -0.312 e. The van der Waals surface area contributed by atoms with Crippen molar-refractivity contribution in [3.05, 3.63) is 29.8 Å². The Labute approximate surface area is 143 Å². The van der Waals surface area contributed by atoms with E-state index in [-0.39, 0.29) is 11.5 Å². The molecule has 0 N–H and O–H groups in total. The molecule has 1 aromatic carbocycles. The highest BCUT2D eigenvalue weighted by Gasteiger charge is 2.13. The molecular weight excluding hydrogens is 310 g/mol. The van der Waals surface area contributed by atoms with Crippen LogP contribution in [-0.2, 0) is 14.3 Å². The first-order valence-electron chi connectivity index (χ1n) is 8.36. The van der Waals surface area contributed by atoms with Gasteiger partial charge in [0.2, 0.25) is 0 Å². The predicted molar refractivity (Wildman–Crippen MR) is 97.3 cm³/mol. The van der Waals surface area contributed by atoms with Crippen LogP contribution in [0.1, 0.15) is 51.0 Å². The highest BCUT2D eigenvalue weighted by Crippen LogP contribution is 2.14. The average Bonchev–Trinajstić information content (AvgIpc) is 2.46. The zero-order valence-corrected chi connectivity index (χ0v) is 16.2. The Bertz CT molecular complexity index is 493. The van der Waals surface area contributed by atoms with Gasteiger partial charge >= 0.3 is 0 Å². The lowest BCUT2D eigenvalue weighted by atomic mass is 10.1. The van der Waals surface area contributed by atoms with Crippen LogP contribution in [0.4, 0.5) is 0 Å². The van der Waals surface area contributed by atoms with E-state index in [1.807, 2.05) is 33.0 Å². The molecule has 5 heteroatoms. The number of unbranched alkanes of at least 4 members (excludes halogenated alkanes) is 5. The van der Waals surface area contributed by atoms with E-state index in [1.54, 1.807) is 24.3 Å². The molecule has 1 rings (SSSR count). The number of rotatable bonds is 9. The molecule has 0 aliphatic rings. The Morgan fingerprint density at radius 1 is 0.913 bits per heavy atom. The second-order valence-corrected chi connectivity index (χ2v) is 7.81. The van der Waals surface area contributed by atoms with Crippen molar-refractivity contribution in [1.29, 1.82) is 0 Å². The quantitative estimate of drug-likeness (QED) is 0.497. The van der Waals surface area contributed by atoms with Gasteiger partial charge in [0.15, 0.2) is 0 Å². The molecule has 0 radical (unpaired) electrons. The molecule has 1 aromatic rings. The molecule has 0 aliphatic carbocycles. The highest BCUT2D eigenvalue weighted by atomic mass is 32.2. The maximum absolute atomic E-state index is 11.9. The van der Waals surface area contributed by atoms with Crippen molar-refractivity contribution in [2.24, 2.45) is 0 Å². The molecule has 0 heterocycles. The van der Waals surface area contributed by atoms with Gasteiger partial charge in [-0.2, -0.15) is 8.42 Å². The third-order valence-electron chi connectivity index (χ3n) is 3.05. The number of hydrogen-bond donors (Lipinski definition) is 0. The van der Waals surface area contributed by atoms with Crippen molar-refractivity contribution in [1.82, 2.24) is 4.90 Å². The summed E-state index contributed by atoms with van der Waals surface area (Å²) in [6.07, 6.45) is 6.68. The van der Waals surface area contributed by atoms with Gasteiger partial charge in [-0.3, -0.25) is 4.18 Å². The summed E-state index contributed by atoms with van der Waals surface area (Å²) in [5.41, 5.74) is 1.04. The lowest BCUT2D eigenvalue weighted by molar-refractivity contribution is 0.306. The van der Waals surface area contributed by atoms with Crippen molar-refractivity contribution < 1.29 is 12.6 Å². The van der Waals surface area contributed by atoms with Crippen molar-refractivity contribution in [3.8, 4) is 0 Å². The smallest absolute Gasteiger partial charge is 0.296 e. The van der Waals surface area contributed by atoms with E-state index in [0.717, 1.165) is 24.8 Å². The van der Waals surface area contributed by atoms with Gasteiger partial charge in [0.25, 0.3) is 10.1 Å². The van der Waals surface area contributed by atoms with Crippen molar-refractivity contribution in [2.45, 2.75) is 57.3 Å². The van der Waals surface area contributed by atoms with Gasteiger partial charge in [-0.1, -0.05) is 56.7 Å². The maximum Gasteiger partial charge on any atom is 0.296 e. The second kappa shape index (κ2) is 12.5. The first kappa shape index (κ1) is 22.1. The largest absolute Gasteiger partial charge is 0.312 e. The topological polar surface area (TPSA) is 46.6 Å². The normalized spacial score (nSPS) is 11.2. The summed E-state index contributed by atoms with van der Waals surface area (Å²) >= 11 is 0. The molecule has 0 saturated carbocycles. The molecule has 0 aromatic heterocycles. The fourth-order valence-electron chi connectivity index (χ4n) is 1.82. The Balaban J connectivity index is 0.00000108. The molecule has 0 bridgehead atoms. The number of aryl methyl sites for hydroxylation is 1. The summed E-state index contributed by atoms with van der Waals surface area (Å²) in [6, 6.07) is 6.74. The molecule has 0 spiro atoms. The van der Waals surface area contributed by atoms with Gasteiger partial charge in [-0.05, 0) is 46.6 Å². The van der Waals surface area contributed by atoms with Crippen LogP contribution in [0.3, 0.4) is 0 Å². The number of benzene rings is 1. The Hall–Kier alpha value is -0.910. The second-order valence-electron chi connectivity index (χ2n) is 6.20. The summed E-state index contributed by atoms with van der Waals surface area (Å²) in [7, 11) is 2.43. The Kier molecular flexibility index (Phi) is 12.0. The molecule has 0 atom stereocenters. The van der Waals surface area contributed by atoms with E-state index in [9.17, 15) is 8.42 Å². The zero-order valence-electron chi connectivity index (χ0n) is 15.3. The first-order valence-corrected chi connectivity index (χ1v) is 9.77. The molecular formula is C18H33NO3S. The van der Waals surface area contributed by atoms with Gasteiger partial charge < -0.3 is 4.90 Å². The average molecular weight is 344 g/mol. The van der Waals surface area contributed by atoms with Gasteiger partial charge in [-0.25, -0.2) is 0 Å². The monoisotopic (exact) mass is 343 g/mol. The highest BCUT2D eigenvalue weighted by molar-refractivity contribution is 7.86. The van der Waals surface area contributed by atoms with E-state index in [2.05, 4.69) is 6.92 Å². The fraction of sp³-hybridized carbons (Fsp3) is 0.667. The van der Waals surface area contributed by atoms with Gasteiger partial charge in [0.1, 0.15) is 0 Å². The fourth-order valence-corrected chi connectivity index (χ4v) is 2.77. The molecule has 0 unspecified atom stereocenters. The van der Waals surface area contributed by atoms with Gasteiger partial charge in [0.05, 0.1) is 11.5 Å². The van der Waals surface area contributed by atoms with Crippen LogP contribution in [0.15, 0.2) is 29.2 Å². The zero-order chi connectivity index (χ0) is 17.7. The number of hydrogen-bond acceptors (Lipinski definition) is 4. The summed E-state index contributed by atoms with van der Waals surface area (Å²) < 4.78 is 28.7. The van der Waals surface area contributed by atoms with Crippen molar-refractivity contribution in [3.63, 3.8) is 0 Å². The summed E-state index contributed by atoms with van der Waals surface area (Å²) in [4.78, 5) is 2.24. The van der Waals surface area contributed by atoms with E-state index >= 15 is 0 Å². The van der Waals surface area contributed by atoms with E-state index in [1.165, 1.54) is 19.3 Å². The molecule has 0 aliphatic heterocycles. The van der Waals surface area contributed by atoms with Crippen LogP contribution in [0, 0.1) is 6.92 Å². The Morgan fingerprint density at radius 3 is 1.91 bits per heavy atom. The van der Waals surface area contributed by atoms with Gasteiger partial charge in [0, 0.05) is 0 Å². The van der Waals surface area contributed by atoms with E-state index < -0.39 is 10.1 Å². The molecule has 134 valence electrons. The third-order valence-corrected chi connectivity index (χ3v) is 4.37. The van der Waals surface area contributed by atoms with E-state index in [4.69, 9.17) is 4.18 Å². The van der Waals surface area contributed by atoms with Crippen LogP contribution in [0.2, 0.25) is 0 Å². The van der Waals surface area contributed by atoms with Crippen LogP contribution in [0.25, 0.3) is 0 Å². The van der Waals surface area contributed by atoms with Crippen LogP contribution < -0.4 is 0 Å². The molecule has 0 saturated heterocycles. The minimum absolute atomic E-state index is 0.240. The number of nitrogens with zero attached hydrogens (tertiary/aromatic N) is 1. The van der Waals surface area contributed by atoms with Gasteiger partial charge in [-0.15, -0.1) is 0 Å². The molecule has 23 heavy (non-hydrogen) atoms. The van der Waals surface area contributed by atoms with Crippen molar-refractivity contribution in [2.75, 3.05) is 27.7 Å². The predicted octanol–water partition coefficient (Wildman–Crippen LogP) is 4.24. The third kappa shape index (κ3) is 12.2. The lowest BCUT2D eigenvalue weighted by Crippen LogP contribution is -2.07. The molecule has 0 fully saturated rings. The SMILES string of the molecule is CCCCCCCCOS(=O)(=O)c1ccc(C)cc1.CN(C)C. The van der Waals surface area contributed by atoms with Crippen LogP contribution >= 0.6 is 0 Å². The molecule has 0 amide bonds. The maximum atomic E-state index is 11.9. The van der Waals surface area contributed by atoms with Crippen LogP contribution in [0.5, 0.6) is 0 Å². The van der Waals surface area contributed by atoms with E-state index in [0.29, 0.717) is 0 Å². The summed E-state index contributed by atoms with van der Waals surface area (Å²) in [6.45, 7) is 4.38. The minimum atomic E-state index is -3.57. The first-order chi connectivity index (χ1) is 10.8.